The van der Waals surface area contributed by atoms with Crippen molar-refractivity contribution >= 4 is 16.9 Å². The Hall–Kier alpha value is -1.42. The van der Waals surface area contributed by atoms with E-state index in [-0.39, 0.29) is 38.6 Å². The van der Waals surface area contributed by atoms with E-state index in [0.29, 0.717) is 11.3 Å². The molecule has 0 aromatic heterocycles. The van der Waals surface area contributed by atoms with Crippen LogP contribution in [0.15, 0.2) is 17.7 Å². The molecule has 1 aromatic rings. The van der Waals surface area contributed by atoms with Gasteiger partial charge in [-0.2, -0.15) is 0 Å². The summed E-state index contributed by atoms with van der Waals surface area (Å²) >= 11 is 1.41. The van der Waals surface area contributed by atoms with Gasteiger partial charge in [0.1, 0.15) is 0 Å². The van der Waals surface area contributed by atoms with Crippen LogP contribution in [0.1, 0.15) is 108 Å². The lowest BCUT2D eigenvalue weighted by Gasteiger charge is -2.64. The Morgan fingerprint density at radius 1 is 1.06 bits per heavy atom. The molecule has 35 heavy (non-hydrogen) atoms. The average molecular weight is 497 g/mol. The number of benzene rings is 1. The van der Waals surface area contributed by atoms with Crippen molar-refractivity contribution in [3.63, 3.8) is 0 Å². The fourth-order valence-electron chi connectivity index (χ4n) is 8.67. The molecule has 3 fully saturated rings. The van der Waals surface area contributed by atoms with Crippen LogP contribution in [0.3, 0.4) is 0 Å². The molecule has 7 atom stereocenters. The van der Waals surface area contributed by atoms with Crippen LogP contribution in [0.5, 0.6) is 11.5 Å². The number of hydrogen-bond acceptors (Lipinski definition) is 4. The van der Waals surface area contributed by atoms with Crippen molar-refractivity contribution in [1.82, 2.24) is 0 Å². The monoisotopic (exact) mass is 496 g/mol. The Morgan fingerprint density at radius 2 is 1.77 bits per heavy atom. The summed E-state index contributed by atoms with van der Waals surface area (Å²) in [5, 5.41) is 21.4. The molecular weight excluding hydrogens is 452 g/mol. The molecule has 0 saturated heterocycles. The fraction of sp³-hybridized carbons (Fsp3) is 0.710. The second-order valence-electron chi connectivity index (χ2n) is 13.5. The quantitative estimate of drug-likeness (QED) is 0.320. The molecule has 0 heterocycles. The van der Waals surface area contributed by atoms with Crippen LogP contribution >= 0.6 is 11.8 Å². The van der Waals surface area contributed by atoms with Gasteiger partial charge in [-0.05, 0) is 96.8 Å². The smallest absolute Gasteiger partial charge is 0.192 e. The van der Waals surface area contributed by atoms with Gasteiger partial charge in [0.2, 0.25) is 0 Å². The lowest BCUT2D eigenvalue weighted by atomic mass is 9.41. The van der Waals surface area contributed by atoms with Gasteiger partial charge < -0.3 is 10.2 Å². The van der Waals surface area contributed by atoms with Gasteiger partial charge in [0, 0.05) is 11.3 Å². The number of carbonyl (C=O) groups is 1. The minimum atomic E-state index is -0.178. The van der Waals surface area contributed by atoms with E-state index in [1.807, 2.05) is 26.8 Å². The molecule has 0 radical (unpaired) electrons. The summed E-state index contributed by atoms with van der Waals surface area (Å²) in [5.41, 5.74) is 4.76. The lowest BCUT2D eigenvalue weighted by molar-refractivity contribution is -0.113. The summed E-state index contributed by atoms with van der Waals surface area (Å²) in [5.74, 6) is 2.11. The molecule has 0 bridgehead atoms. The maximum absolute atomic E-state index is 13.0. The maximum atomic E-state index is 13.0. The van der Waals surface area contributed by atoms with Gasteiger partial charge in [-0.1, -0.05) is 71.4 Å². The minimum absolute atomic E-state index is 0.0349. The molecular formula is C31H44O3S. The van der Waals surface area contributed by atoms with E-state index in [9.17, 15) is 15.0 Å². The third kappa shape index (κ3) is 3.63. The second-order valence-corrected chi connectivity index (χ2v) is 14.6. The summed E-state index contributed by atoms with van der Waals surface area (Å²) in [6.07, 6.45) is 11.2. The molecule has 7 unspecified atom stereocenters. The van der Waals surface area contributed by atoms with Crippen molar-refractivity contribution in [2.24, 2.45) is 34.5 Å². The van der Waals surface area contributed by atoms with Crippen LogP contribution in [0.25, 0.3) is 0 Å². The Bertz CT molecular complexity index is 1090. The largest absolute Gasteiger partial charge is 0.504 e. The maximum Gasteiger partial charge on any atom is 0.192 e. The predicted octanol–water partition coefficient (Wildman–Crippen LogP) is 8.21. The molecule has 4 heteroatoms. The topological polar surface area (TPSA) is 57.5 Å². The number of rotatable bonds is 2. The van der Waals surface area contributed by atoms with E-state index in [1.165, 1.54) is 55.9 Å². The van der Waals surface area contributed by atoms with E-state index in [1.54, 1.807) is 0 Å². The first-order chi connectivity index (χ1) is 16.3. The van der Waals surface area contributed by atoms with Crippen molar-refractivity contribution in [3.05, 3.63) is 34.4 Å². The summed E-state index contributed by atoms with van der Waals surface area (Å²) in [7, 11) is 0. The molecule has 3 nitrogen and oxygen atoms in total. The number of phenolic OH excluding ortho intramolecular Hbond substituents is 2. The Morgan fingerprint density at radius 3 is 2.46 bits per heavy atom. The number of phenols is 2. The minimum Gasteiger partial charge on any atom is -0.504 e. The molecule has 3 saturated carbocycles. The van der Waals surface area contributed by atoms with Crippen LogP contribution in [0.4, 0.5) is 0 Å². The molecule has 4 aliphatic carbocycles. The zero-order valence-electron chi connectivity index (χ0n) is 22.7. The van der Waals surface area contributed by atoms with Crippen molar-refractivity contribution in [2.45, 2.75) is 104 Å². The van der Waals surface area contributed by atoms with E-state index in [2.05, 4.69) is 33.8 Å². The summed E-state index contributed by atoms with van der Waals surface area (Å²) in [6.45, 7) is 15.7. The predicted molar refractivity (Wildman–Crippen MR) is 145 cm³/mol. The van der Waals surface area contributed by atoms with Gasteiger partial charge in [-0.25, -0.2) is 0 Å². The second kappa shape index (κ2) is 8.30. The number of allylic oxidation sites excluding steroid dienone is 1. The normalized spacial score (nSPS) is 40.3. The van der Waals surface area contributed by atoms with Crippen LogP contribution in [-0.2, 0) is 10.2 Å². The van der Waals surface area contributed by atoms with Gasteiger partial charge in [0.25, 0.3) is 0 Å². The Labute approximate surface area is 216 Å². The Kier molecular flexibility index (Phi) is 5.98. The number of thioether (sulfide) groups is 1. The zero-order chi connectivity index (χ0) is 25.5. The highest BCUT2D eigenvalue weighted by atomic mass is 32.2. The van der Waals surface area contributed by atoms with Crippen LogP contribution < -0.4 is 0 Å². The van der Waals surface area contributed by atoms with Gasteiger partial charge in [0.15, 0.2) is 16.6 Å². The molecule has 192 valence electrons. The first-order valence-corrected chi connectivity index (χ1v) is 14.7. The summed E-state index contributed by atoms with van der Waals surface area (Å²) < 4.78 is 0. The van der Waals surface area contributed by atoms with E-state index >= 15 is 0 Å². The number of carbonyl (C=O) groups excluding carboxylic acids is 1. The summed E-state index contributed by atoms with van der Waals surface area (Å²) in [4.78, 5) is 13.0. The highest BCUT2D eigenvalue weighted by molar-refractivity contribution is 8.14. The first kappa shape index (κ1) is 25.2. The van der Waals surface area contributed by atoms with E-state index in [0.717, 1.165) is 34.9 Å². The molecule has 5 rings (SSSR count). The third-order valence-electron chi connectivity index (χ3n) is 10.9. The highest BCUT2D eigenvalue weighted by Crippen LogP contribution is 2.69. The number of hydrogen-bond donors (Lipinski definition) is 2. The van der Waals surface area contributed by atoms with Crippen LogP contribution in [-0.4, -0.2) is 15.3 Å². The fourth-order valence-corrected chi connectivity index (χ4v) is 9.81. The zero-order valence-corrected chi connectivity index (χ0v) is 23.5. The van der Waals surface area contributed by atoms with Gasteiger partial charge in [0.05, 0.1) is 5.25 Å². The SMILES string of the molecule is Cc1c(O)c(O)cc2c1C(SC(=O)C(C)C)C=C1C2(C)CCC2C3CC(C)CCC3(C)CCC12C. The average Bonchev–Trinajstić information content (AvgIpc) is 2.79. The molecule has 2 N–H and O–H groups in total. The van der Waals surface area contributed by atoms with Crippen molar-refractivity contribution in [3.8, 4) is 11.5 Å². The molecule has 1 aromatic carbocycles. The molecule has 0 spiro atoms. The lowest BCUT2D eigenvalue weighted by Crippen LogP contribution is -2.55. The van der Waals surface area contributed by atoms with Crippen molar-refractivity contribution < 1.29 is 15.0 Å². The van der Waals surface area contributed by atoms with Gasteiger partial charge in [-0.15, -0.1) is 0 Å². The molecule has 0 amide bonds. The number of fused-ring (bicyclic) bond motifs is 7. The molecule has 4 aliphatic rings. The van der Waals surface area contributed by atoms with Gasteiger partial charge in [-0.3, -0.25) is 4.79 Å². The van der Waals surface area contributed by atoms with Crippen molar-refractivity contribution in [1.29, 1.82) is 0 Å². The van der Waals surface area contributed by atoms with Crippen LogP contribution in [0.2, 0.25) is 0 Å². The number of aromatic hydroxyl groups is 2. The standard InChI is InChI=1S/C31H44O3S/c1-17(2)28(34)35-24-16-25-30(6,22-15-23(32)27(33)19(4)26(22)24)11-9-20-21-14-18(3)8-10-29(21,5)12-13-31(20,25)7/h15-18,20-21,24,32-33H,8-14H2,1-7H3. The van der Waals surface area contributed by atoms with Crippen molar-refractivity contribution in [2.75, 3.05) is 0 Å². The Balaban J connectivity index is 1.66. The first-order valence-electron chi connectivity index (χ1n) is 13.8. The molecule has 0 aliphatic heterocycles. The van der Waals surface area contributed by atoms with Crippen LogP contribution in [0, 0.1) is 41.4 Å². The van der Waals surface area contributed by atoms with E-state index < -0.39 is 0 Å². The van der Waals surface area contributed by atoms with E-state index in [4.69, 9.17) is 0 Å². The van der Waals surface area contributed by atoms with Gasteiger partial charge >= 0.3 is 0 Å². The third-order valence-corrected chi connectivity index (χ3v) is 12.3. The summed E-state index contributed by atoms with van der Waals surface area (Å²) in [6, 6.07) is 1.82. The highest BCUT2D eigenvalue weighted by Gasteiger charge is 2.60.